The summed E-state index contributed by atoms with van der Waals surface area (Å²) in [7, 11) is 1.66. The van der Waals surface area contributed by atoms with Crippen molar-refractivity contribution in [2.24, 2.45) is 5.73 Å². The maximum atomic E-state index is 6.14. The Morgan fingerprint density at radius 2 is 1.88 bits per heavy atom. The van der Waals surface area contributed by atoms with E-state index in [-0.39, 0.29) is 0 Å². The Bertz CT molecular complexity index is 525. The second-order valence-corrected chi connectivity index (χ2v) is 4.15. The van der Waals surface area contributed by atoms with Crippen molar-refractivity contribution in [1.82, 2.24) is 0 Å². The van der Waals surface area contributed by atoms with Crippen LogP contribution < -0.4 is 10.5 Å². The molecule has 0 heterocycles. The van der Waals surface area contributed by atoms with Gasteiger partial charge in [-0.2, -0.15) is 0 Å². The number of rotatable bonds is 3. The molecule has 0 aliphatic carbocycles. The van der Waals surface area contributed by atoms with E-state index in [2.05, 4.69) is 0 Å². The summed E-state index contributed by atoms with van der Waals surface area (Å²) >= 11 is 6.14. The molecule has 0 saturated heterocycles. The van der Waals surface area contributed by atoms with E-state index in [4.69, 9.17) is 22.1 Å². The fraction of sp³-hybridized carbons (Fsp3) is 0.143. The number of nitrogens with two attached hydrogens (primary N) is 1. The Hall–Kier alpha value is -1.51. The zero-order valence-electron chi connectivity index (χ0n) is 9.61. The average molecular weight is 248 g/mol. The minimum atomic E-state index is 0.456. The van der Waals surface area contributed by atoms with Crippen molar-refractivity contribution in [3.05, 3.63) is 53.1 Å². The number of benzene rings is 2. The van der Waals surface area contributed by atoms with E-state index in [0.717, 1.165) is 22.4 Å². The minimum absolute atomic E-state index is 0.456. The van der Waals surface area contributed by atoms with Crippen molar-refractivity contribution < 1.29 is 4.74 Å². The molecule has 0 radical (unpaired) electrons. The number of ether oxygens (including phenoxy) is 1. The lowest BCUT2D eigenvalue weighted by Crippen LogP contribution is -1.96. The molecule has 0 fully saturated rings. The third kappa shape index (κ3) is 2.60. The summed E-state index contributed by atoms with van der Waals surface area (Å²) < 4.78 is 5.20. The van der Waals surface area contributed by atoms with Crippen LogP contribution in [0.25, 0.3) is 11.1 Å². The average Bonchev–Trinajstić information content (AvgIpc) is 2.38. The summed E-state index contributed by atoms with van der Waals surface area (Å²) in [4.78, 5) is 0. The van der Waals surface area contributed by atoms with Crippen LogP contribution in [0.3, 0.4) is 0 Å². The van der Waals surface area contributed by atoms with Gasteiger partial charge in [-0.3, -0.25) is 0 Å². The molecular weight excluding hydrogens is 234 g/mol. The molecule has 0 bridgehead atoms. The molecule has 88 valence electrons. The Morgan fingerprint density at radius 1 is 1.12 bits per heavy atom. The molecule has 0 aliphatic rings. The predicted octanol–water partition coefficient (Wildman–Crippen LogP) is 3.47. The maximum absolute atomic E-state index is 6.14. The zero-order chi connectivity index (χ0) is 12.3. The highest BCUT2D eigenvalue weighted by molar-refractivity contribution is 6.31. The van der Waals surface area contributed by atoms with Gasteiger partial charge in [-0.1, -0.05) is 35.9 Å². The normalized spacial score (nSPS) is 10.3. The van der Waals surface area contributed by atoms with Gasteiger partial charge in [0.2, 0.25) is 0 Å². The van der Waals surface area contributed by atoms with Crippen LogP contribution in [0.5, 0.6) is 5.75 Å². The van der Waals surface area contributed by atoms with Gasteiger partial charge in [0.05, 0.1) is 7.11 Å². The van der Waals surface area contributed by atoms with E-state index in [0.29, 0.717) is 11.6 Å². The fourth-order valence-electron chi connectivity index (χ4n) is 1.70. The Labute approximate surface area is 106 Å². The predicted molar refractivity (Wildman–Crippen MR) is 71.3 cm³/mol. The Kier molecular flexibility index (Phi) is 3.67. The number of methoxy groups -OCH3 is 1. The van der Waals surface area contributed by atoms with Crippen LogP contribution in [0.1, 0.15) is 5.56 Å². The van der Waals surface area contributed by atoms with Gasteiger partial charge in [0, 0.05) is 11.6 Å². The van der Waals surface area contributed by atoms with Gasteiger partial charge in [-0.05, 0) is 34.9 Å². The van der Waals surface area contributed by atoms with E-state index in [1.54, 1.807) is 7.11 Å². The molecule has 0 aliphatic heterocycles. The first-order chi connectivity index (χ1) is 8.24. The monoisotopic (exact) mass is 247 g/mol. The summed E-state index contributed by atoms with van der Waals surface area (Å²) in [5.74, 6) is 0.835. The van der Waals surface area contributed by atoms with Crippen LogP contribution in [0.15, 0.2) is 42.5 Å². The van der Waals surface area contributed by atoms with Gasteiger partial charge in [0.25, 0.3) is 0 Å². The first-order valence-electron chi connectivity index (χ1n) is 5.37. The van der Waals surface area contributed by atoms with Crippen molar-refractivity contribution in [2.45, 2.75) is 6.54 Å². The van der Waals surface area contributed by atoms with E-state index < -0.39 is 0 Å². The summed E-state index contributed by atoms with van der Waals surface area (Å²) in [6, 6.07) is 13.8. The van der Waals surface area contributed by atoms with Crippen molar-refractivity contribution in [3.63, 3.8) is 0 Å². The molecule has 2 aromatic carbocycles. The van der Waals surface area contributed by atoms with E-state index in [1.807, 2.05) is 42.5 Å². The highest BCUT2D eigenvalue weighted by atomic mass is 35.5. The van der Waals surface area contributed by atoms with Crippen LogP contribution in [-0.4, -0.2) is 7.11 Å². The van der Waals surface area contributed by atoms with Crippen LogP contribution in [-0.2, 0) is 6.54 Å². The molecule has 2 N–H and O–H groups in total. The molecule has 3 heteroatoms. The summed E-state index contributed by atoms with van der Waals surface area (Å²) in [6.45, 7) is 0.456. The van der Waals surface area contributed by atoms with Crippen LogP contribution >= 0.6 is 11.6 Å². The molecule has 2 nitrogen and oxygen atoms in total. The van der Waals surface area contributed by atoms with Gasteiger partial charge in [0.1, 0.15) is 5.75 Å². The summed E-state index contributed by atoms with van der Waals surface area (Å²) in [5, 5.41) is 0.702. The summed E-state index contributed by atoms with van der Waals surface area (Å²) in [5.41, 5.74) is 8.68. The zero-order valence-corrected chi connectivity index (χ0v) is 10.4. The van der Waals surface area contributed by atoms with Crippen LogP contribution in [0, 0.1) is 0 Å². The molecule has 0 unspecified atom stereocenters. The van der Waals surface area contributed by atoms with Crippen LogP contribution in [0.2, 0.25) is 5.02 Å². The van der Waals surface area contributed by atoms with Gasteiger partial charge in [-0.15, -0.1) is 0 Å². The highest BCUT2D eigenvalue weighted by Crippen LogP contribution is 2.27. The second-order valence-electron chi connectivity index (χ2n) is 3.74. The third-order valence-electron chi connectivity index (χ3n) is 2.68. The molecule has 0 atom stereocenters. The molecule has 2 aromatic rings. The lowest BCUT2D eigenvalue weighted by Gasteiger charge is -2.07. The molecule has 0 aromatic heterocycles. The Morgan fingerprint density at radius 3 is 2.53 bits per heavy atom. The van der Waals surface area contributed by atoms with Gasteiger partial charge < -0.3 is 10.5 Å². The number of hydrogen-bond acceptors (Lipinski definition) is 2. The maximum Gasteiger partial charge on any atom is 0.119 e. The van der Waals surface area contributed by atoms with Gasteiger partial charge >= 0.3 is 0 Å². The first kappa shape index (κ1) is 12.0. The molecule has 17 heavy (non-hydrogen) atoms. The fourth-order valence-corrected chi connectivity index (χ4v) is 1.95. The number of halogens is 1. The smallest absolute Gasteiger partial charge is 0.119 e. The SMILES string of the molecule is COc1cccc(-c2ccc(CN)c(Cl)c2)c1. The Balaban J connectivity index is 2.42. The third-order valence-corrected chi connectivity index (χ3v) is 3.03. The van der Waals surface area contributed by atoms with Crippen molar-refractivity contribution in [2.75, 3.05) is 7.11 Å². The molecular formula is C14H14ClNO. The van der Waals surface area contributed by atoms with E-state index >= 15 is 0 Å². The molecule has 0 saturated carbocycles. The minimum Gasteiger partial charge on any atom is -0.497 e. The molecule has 2 rings (SSSR count). The second kappa shape index (κ2) is 5.21. The largest absolute Gasteiger partial charge is 0.497 e. The van der Waals surface area contributed by atoms with Crippen LogP contribution in [0.4, 0.5) is 0 Å². The van der Waals surface area contributed by atoms with E-state index in [1.165, 1.54) is 0 Å². The first-order valence-corrected chi connectivity index (χ1v) is 5.75. The topological polar surface area (TPSA) is 35.2 Å². The summed E-state index contributed by atoms with van der Waals surface area (Å²) in [6.07, 6.45) is 0. The van der Waals surface area contributed by atoms with E-state index in [9.17, 15) is 0 Å². The lowest BCUT2D eigenvalue weighted by molar-refractivity contribution is 0.415. The number of hydrogen-bond donors (Lipinski definition) is 1. The van der Waals surface area contributed by atoms with Crippen molar-refractivity contribution >= 4 is 11.6 Å². The van der Waals surface area contributed by atoms with Crippen molar-refractivity contribution in [3.8, 4) is 16.9 Å². The van der Waals surface area contributed by atoms with Gasteiger partial charge in [0.15, 0.2) is 0 Å². The molecule has 0 amide bonds. The quantitative estimate of drug-likeness (QED) is 0.901. The highest BCUT2D eigenvalue weighted by Gasteiger charge is 2.03. The molecule has 0 spiro atoms. The van der Waals surface area contributed by atoms with Gasteiger partial charge in [-0.25, -0.2) is 0 Å². The standard InChI is InChI=1S/C14H14ClNO/c1-17-13-4-2-3-10(7-13)11-5-6-12(9-16)14(15)8-11/h2-8H,9,16H2,1H3. The van der Waals surface area contributed by atoms with Crippen molar-refractivity contribution in [1.29, 1.82) is 0 Å². The lowest BCUT2D eigenvalue weighted by atomic mass is 10.0.